The van der Waals surface area contributed by atoms with Gasteiger partial charge in [0.2, 0.25) is 10.0 Å². The fourth-order valence-corrected chi connectivity index (χ4v) is 4.78. The number of hydrogen-bond donors (Lipinski definition) is 1. The summed E-state index contributed by atoms with van der Waals surface area (Å²) in [5.74, 6) is 0. The molecule has 4 rings (SSSR count). The minimum absolute atomic E-state index is 0.0940. The van der Waals surface area contributed by atoms with Crippen LogP contribution in [0.3, 0.4) is 0 Å². The molecule has 1 aromatic carbocycles. The lowest BCUT2D eigenvalue weighted by Crippen LogP contribution is -2.33. The molecular formula is C20H22N4O3S. The number of hydrogen-bond acceptors (Lipinski definition) is 5. The number of fused-ring (bicyclic) bond motifs is 2. The Labute approximate surface area is 163 Å². The summed E-state index contributed by atoms with van der Waals surface area (Å²) in [6.45, 7) is 3.81. The van der Waals surface area contributed by atoms with E-state index in [1.165, 1.54) is 7.05 Å². The summed E-state index contributed by atoms with van der Waals surface area (Å²) in [6, 6.07) is 10.7. The van der Waals surface area contributed by atoms with Gasteiger partial charge in [-0.1, -0.05) is 18.2 Å². The van der Waals surface area contributed by atoms with Gasteiger partial charge in [-0.15, -0.1) is 0 Å². The second-order valence-corrected chi connectivity index (χ2v) is 8.89. The van der Waals surface area contributed by atoms with Gasteiger partial charge in [0, 0.05) is 31.9 Å². The maximum Gasteiger partial charge on any atom is 0.258 e. The molecule has 0 radical (unpaired) electrons. The molecule has 7 nitrogen and oxygen atoms in total. The van der Waals surface area contributed by atoms with Crippen LogP contribution in [0.4, 0.5) is 0 Å². The van der Waals surface area contributed by atoms with Gasteiger partial charge >= 0.3 is 0 Å². The topological polar surface area (TPSA) is 83.8 Å². The predicted molar refractivity (Wildman–Crippen MR) is 107 cm³/mol. The van der Waals surface area contributed by atoms with Crippen molar-refractivity contribution in [2.24, 2.45) is 0 Å². The average Bonchev–Trinajstić information content (AvgIpc) is 2.68. The highest BCUT2D eigenvalue weighted by Crippen LogP contribution is 2.26. The fraction of sp³-hybridized carbons (Fsp3) is 0.300. The molecule has 1 aliphatic heterocycles. The van der Waals surface area contributed by atoms with E-state index in [-0.39, 0.29) is 5.56 Å². The number of nitrogens with one attached hydrogen (secondary N) is 1. The zero-order chi connectivity index (χ0) is 19.9. The zero-order valence-corrected chi connectivity index (χ0v) is 16.7. The molecule has 3 aromatic rings. The van der Waals surface area contributed by atoms with Gasteiger partial charge in [0.15, 0.2) is 0 Å². The van der Waals surface area contributed by atoms with E-state index >= 15 is 0 Å². The van der Waals surface area contributed by atoms with Gasteiger partial charge in [0.1, 0.15) is 5.65 Å². The van der Waals surface area contributed by atoms with Crippen LogP contribution >= 0.6 is 0 Å². The third-order valence-electron chi connectivity index (χ3n) is 5.19. The molecule has 0 unspecified atom stereocenters. The van der Waals surface area contributed by atoms with Crippen molar-refractivity contribution in [3.63, 3.8) is 0 Å². The van der Waals surface area contributed by atoms with Gasteiger partial charge in [0.25, 0.3) is 5.56 Å². The Kier molecular flexibility index (Phi) is 4.78. The van der Waals surface area contributed by atoms with Crippen LogP contribution in [0.15, 0.2) is 52.3 Å². The predicted octanol–water partition coefficient (Wildman–Crippen LogP) is 1.47. The number of rotatable bonds is 4. The smallest absolute Gasteiger partial charge is 0.258 e. The van der Waals surface area contributed by atoms with Crippen molar-refractivity contribution in [3.8, 4) is 0 Å². The van der Waals surface area contributed by atoms with Gasteiger partial charge in [-0.25, -0.2) is 18.1 Å². The summed E-state index contributed by atoms with van der Waals surface area (Å²) >= 11 is 0. The third-order valence-corrected chi connectivity index (χ3v) is 6.68. The molecule has 0 amide bonds. The standard InChI is InChI=1S/C20H22N4O3S/c1-14-5-4-9-24-19(25)11-16(22-20(14)24)13-23-10-8-17-15(12-23)6-3-7-18(17)28(26,27)21-2/h3-7,9,11,21H,8,10,12-13H2,1-2H3. The second kappa shape index (κ2) is 7.12. The summed E-state index contributed by atoms with van der Waals surface area (Å²) < 4.78 is 28.5. The summed E-state index contributed by atoms with van der Waals surface area (Å²) in [6.07, 6.45) is 2.36. The molecule has 0 atom stereocenters. The number of pyridine rings is 1. The summed E-state index contributed by atoms with van der Waals surface area (Å²) in [7, 11) is -2.05. The van der Waals surface area contributed by atoms with Crippen LogP contribution in [0, 0.1) is 6.92 Å². The molecule has 1 N–H and O–H groups in total. The summed E-state index contributed by atoms with van der Waals surface area (Å²) in [5, 5.41) is 0. The van der Waals surface area contributed by atoms with E-state index in [0.717, 1.165) is 22.4 Å². The molecule has 1 aliphatic rings. The molecule has 0 saturated heterocycles. The molecule has 28 heavy (non-hydrogen) atoms. The molecule has 2 aromatic heterocycles. The minimum Gasteiger partial charge on any atom is -0.293 e. The van der Waals surface area contributed by atoms with E-state index in [0.29, 0.717) is 36.6 Å². The number of nitrogens with zero attached hydrogens (tertiary/aromatic N) is 3. The lowest BCUT2D eigenvalue weighted by molar-refractivity contribution is 0.241. The first-order chi connectivity index (χ1) is 13.4. The Morgan fingerprint density at radius 3 is 2.82 bits per heavy atom. The minimum atomic E-state index is -3.48. The van der Waals surface area contributed by atoms with Crippen LogP contribution in [0.1, 0.15) is 22.4 Å². The maximum atomic E-state index is 12.4. The molecule has 8 heteroatoms. The van der Waals surface area contributed by atoms with Gasteiger partial charge in [-0.05, 0) is 49.2 Å². The molecule has 0 fully saturated rings. The summed E-state index contributed by atoms with van der Waals surface area (Å²) in [4.78, 5) is 19.6. The maximum absolute atomic E-state index is 12.4. The Balaban J connectivity index is 1.63. The fourth-order valence-electron chi connectivity index (χ4n) is 3.75. The molecule has 0 spiro atoms. The Morgan fingerprint density at radius 1 is 1.21 bits per heavy atom. The van der Waals surface area contributed by atoms with Crippen LogP contribution < -0.4 is 10.3 Å². The normalized spacial score (nSPS) is 14.9. The van der Waals surface area contributed by atoms with Crippen LogP contribution in [0.5, 0.6) is 0 Å². The lowest BCUT2D eigenvalue weighted by Gasteiger charge is -2.29. The summed E-state index contributed by atoms with van der Waals surface area (Å²) in [5.41, 5.74) is 4.12. The van der Waals surface area contributed by atoms with Crippen LogP contribution in [0.25, 0.3) is 5.65 Å². The Morgan fingerprint density at radius 2 is 2.04 bits per heavy atom. The quantitative estimate of drug-likeness (QED) is 0.720. The van der Waals surface area contributed by atoms with E-state index < -0.39 is 10.0 Å². The third kappa shape index (κ3) is 3.34. The van der Waals surface area contributed by atoms with E-state index in [4.69, 9.17) is 0 Å². The molecule has 0 saturated carbocycles. The van der Waals surface area contributed by atoms with Crippen molar-refractivity contribution >= 4 is 15.7 Å². The van der Waals surface area contributed by atoms with Crippen LogP contribution in [0.2, 0.25) is 0 Å². The largest absolute Gasteiger partial charge is 0.293 e. The van der Waals surface area contributed by atoms with Crippen molar-refractivity contribution in [2.45, 2.75) is 31.3 Å². The lowest BCUT2D eigenvalue weighted by atomic mass is 9.99. The SMILES string of the molecule is CNS(=O)(=O)c1cccc2c1CCN(Cc1cc(=O)n3cccc(C)c3n1)C2. The van der Waals surface area contributed by atoms with Gasteiger partial charge in [-0.3, -0.25) is 14.1 Å². The van der Waals surface area contributed by atoms with Crippen molar-refractivity contribution in [1.82, 2.24) is 19.0 Å². The van der Waals surface area contributed by atoms with Crippen LogP contribution in [-0.4, -0.2) is 36.3 Å². The first kappa shape index (κ1) is 18.8. The average molecular weight is 398 g/mol. The highest BCUT2D eigenvalue weighted by atomic mass is 32.2. The van der Waals surface area contributed by atoms with Gasteiger partial charge < -0.3 is 0 Å². The number of aryl methyl sites for hydroxylation is 1. The van der Waals surface area contributed by atoms with Crippen LogP contribution in [-0.2, 0) is 29.5 Å². The monoisotopic (exact) mass is 398 g/mol. The number of aromatic nitrogens is 2. The molecule has 0 bridgehead atoms. The van der Waals surface area contributed by atoms with Gasteiger partial charge in [-0.2, -0.15) is 0 Å². The van der Waals surface area contributed by atoms with E-state index in [2.05, 4.69) is 14.6 Å². The first-order valence-corrected chi connectivity index (χ1v) is 10.6. The van der Waals surface area contributed by atoms with Gasteiger partial charge in [0.05, 0.1) is 10.6 Å². The molecule has 146 valence electrons. The van der Waals surface area contributed by atoms with E-state index in [9.17, 15) is 13.2 Å². The second-order valence-electron chi connectivity index (χ2n) is 7.03. The van der Waals surface area contributed by atoms with Crippen molar-refractivity contribution < 1.29 is 8.42 Å². The number of benzene rings is 1. The van der Waals surface area contributed by atoms with Crippen molar-refractivity contribution in [3.05, 3.63) is 75.3 Å². The Bertz CT molecular complexity index is 1220. The molecule has 0 aliphatic carbocycles. The Hall–Kier alpha value is -2.55. The molecular weight excluding hydrogens is 376 g/mol. The zero-order valence-electron chi connectivity index (χ0n) is 15.8. The number of sulfonamides is 1. The van der Waals surface area contributed by atoms with Crippen molar-refractivity contribution in [1.29, 1.82) is 0 Å². The van der Waals surface area contributed by atoms with Crippen molar-refractivity contribution in [2.75, 3.05) is 13.6 Å². The highest BCUT2D eigenvalue weighted by molar-refractivity contribution is 7.89. The van der Waals surface area contributed by atoms with E-state index in [1.807, 2.05) is 25.1 Å². The molecule has 3 heterocycles. The highest BCUT2D eigenvalue weighted by Gasteiger charge is 2.24. The first-order valence-electron chi connectivity index (χ1n) is 9.13. The van der Waals surface area contributed by atoms with E-state index in [1.54, 1.807) is 28.8 Å².